The molecule has 42 heavy (non-hydrogen) atoms. The van der Waals surface area contributed by atoms with Crippen LogP contribution < -0.4 is 0 Å². The summed E-state index contributed by atoms with van der Waals surface area (Å²) in [6, 6.07) is 49.1. The van der Waals surface area contributed by atoms with Crippen LogP contribution in [0.2, 0.25) is 0 Å². The number of hydrogen-bond acceptors (Lipinski definition) is 3. The zero-order valence-electron chi connectivity index (χ0n) is 22.5. The summed E-state index contributed by atoms with van der Waals surface area (Å²) in [6.45, 7) is 0. The molecular formula is C38H23N3S. The number of hydrogen-bond donors (Lipinski definition) is 0. The van der Waals surface area contributed by atoms with E-state index in [2.05, 4.69) is 132 Å². The second-order valence-corrected chi connectivity index (χ2v) is 11.6. The van der Waals surface area contributed by atoms with Gasteiger partial charge in [-0.1, -0.05) is 121 Å². The number of rotatable bonds is 3. The SMILES string of the molecule is c1ccc(-c2cc(-c3ccccc3)nc(-n3c4ccccc4c4c5ccccc5c5c6ccccc6sc5c43)n2)cc1. The van der Waals surface area contributed by atoms with Gasteiger partial charge in [-0.15, -0.1) is 11.3 Å². The third-order valence-electron chi connectivity index (χ3n) is 8.20. The Bertz CT molecular complexity index is 2400. The van der Waals surface area contributed by atoms with Crippen LogP contribution in [-0.2, 0) is 0 Å². The fourth-order valence-electron chi connectivity index (χ4n) is 6.38. The van der Waals surface area contributed by atoms with Crippen LogP contribution in [0.25, 0.3) is 81.2 Å². The van der Waals surface area contributed by atoms with Crippen molar-refractivity contribution in [2.24, 2.45) is 0 Å². The van der Waals surface area contributed by atoms with Gasteiger partial charge in [-0.2, -0.15) is 0 Å². The topological polar surface area (TPSA) is 30.7 Å². The third kappa shape index (κ3) is 3.39. The molecule has 0 saturated heterocycles. The van der Waals surface area contributed by atoms with Gasteiger partial charge in [0.15, 0.2) is 0 Å². The molecule has 0 aliphatic heterocycles. The van der Waals surface area contributed by atoms with E-state index >= 15 is 0 Å². The van der Waals surface area contributed by atoms with Gasteiger partial charge in [0.2, 0.25) is 5.95 Å². The normalized spacial score (nSPS) is 11.8. The number of nitrogens with zero attached hydrogens (tertiary/aromatic N) is 3. The summed E-state index contributed by atoms with van der Waals surface area (Å²) < 4.78 is 4.84. The second-order valence-electron chi connectivity index (χ2n) is 10.6. The minimum atomic E-state index is 0.676. The zero-order valence-corrected chi connectivity index (χ0v) is 23.3. The Balaban J connectivity index is 1.50. The lowest BCUT2D eigenvalue weighted by Crippen LogP contribution is -2.04. The van der Waals surface area contributed by atoms with Gasteiger partial charge < -0.3 is 0 Å². The molecule has 0 aliphatic rings. The van der Waals surface area contributed by atoms with Crippen molar-refractivity contribution in [2.45, 2.75) is 0 Å². The van der Waals surface area contributed by atoms with Crippen LogP contribution >= 0.6 is 11.3 Å². The Morgan fingerprint density at radius 2 is 1.00 bits per heavy atom. The lowest BCUT2D eigenvalue weighted by Gasteiger charge is -2.12. The van der Waals surface area contributed by atoms with Gasteiger partial charge in [0.25, 0.3) is 0 Å². The van der Waals surface area contributed by atoms with Crippen molar-refractivity contribution >= 4 is 64.1 Å². The first kappa shape index (κ1) is 23.4. The van der Waals surface area contributed by atoms with Crippen LogP contribution in [0.5, 0.6) is 0 Å². The highest BCUT2D eigenvalue weighted by Crippen LogP contribution is 2.47. The average molecular weight is 554 g/mol. The van der Waals surface area contributed by atoms with Gasteiger partial charge in [-0.25, -0.2) is 9.97 Å². The van der Waals surface area contributed by atoms with E-state index < -0.39 is 0 Å². The molecule has 0 unspecified atom stereocenters. The maximum Gasteiger partial charge on any atom is 0.235 e. The van der Waals surface area contributed by atoms with Gasteiger partial charge in [0, 0.05) is 37.4 Å². The summed E-state index contributed by atoms with van der Waals surface area (Å²) in [7, 11) is 0. The molecule has 3 nitrogen and oxygen atoms in total. The minimum absolute atomic E-state index is 0.676. The van der Waals surface area contributed by atoms with Crippen LogP contribution in [0.4, 0.5) is 0 Å². The van der Waals surface area contributed by atoms with E-state index in [1.54, 1.807) is 0 Å². The van der Waals surface area contributed by atoms with Crippen molar-refractivity contribution in [2.75, 3.05) is 0 Å². The molecule has 0 amide bonds. The standard InChI is InChI=1S/C38H23N3S/c1-3-13-24(14-4-1)30-23-31(25-15-5-2-6-16-25)40-38(39-30)41-32-21-11-9-19-28(32)34-26-17-7-8-18-27(26)35-29-20-10-12-22-33(29)42-37(35)36(34)41/h1-23H. The van der Waals surface area contributed by atoms with Crippen LogP contribution in [0.1, 0.15) is 0 Å². The summed E-state index contributed by atoms with van der Waals surface area (Å²) in [5.74, 6) is 0.676. The molecule has 0 fully saturated rings. The molecule has 9 aromatic rings. The van der Waals surface area contributed by atoms with Gasteiger partial charge in [-0.05, 0) is 29.0 Å². The molecule has 0 radical (unpaired) electrons. The predicted octanol–water partition coefficient (Wildman–Crippen LogP) is 10.4. The Labute approximate surface area is 246 Å². The molecule has 0 bridgehead atoms. The Morgan fingerprint density at radius 3 is 1.67 bits per heavy atom. The Morgan fingerprint density at radius 1 is 0.476 bits per heavy atom. The van der Waals surface area contributed by atoms with Crippen LogP contribution in [0.15, 0.2) is 140 Å². The van der Waals surface area contributed by atoms with E-state index in [0.717, 1.165) is 33.5 Å². The molecule has 0 N–H and O–H groups in total. The summed E-state index contributed by atoms with van der Waals surface area (Å²) >= 11 is 1.85. The smallest absolute Gasteiger partial charge is 0.235 e. The fourth-order valence-corrected chi connectivity index (χ4v) is 7.64. The van der Waals surface area contributed by atoms with E-state index in [4.69, 9.17) is 9.97 Å². The second kappa shape index (κ2) is 9.10. The molecule has 3 heterocycles. The number of thiophene rings is 1. The molecule has 6 aromatic carbocycles. The first-order valence-electron chi connectivity index (χ1n) is 14.1. The zero-order chi connectivity index (χ0) is 27.6. The first-order chi connectivity index (χ1) is 20.8. The summed E-state index contributed by atoms with van der Waals surface area (Å²) in [6.07, 6.45) is 0. The highest BCUT2D eigenvalue weighted by Gasteiger charge is 2.23. The molecule has 0 spiro atoms. The monoisotopic (exact) mass is 553 g/mol. The van der Waals surface area contributed by atoms with Gasteiger partial charge in [-0.3, -0.25) is 4.57 Å². The number of aromatic nitrogens is 3. The maximum atomic E-state index is 5.27. The fraction of sp³-hybridized carbons (Fsp3) is 0. The van der Waals surface area contributed by atoms with Crippen LogP contribution in [-0.4, -0.2) is 14.5 Å². The van der Waals surface area contributed by atoms with Crippen molar-refractivity contribution in [3.63, 3.8) is 0 Å². The van der Waals surface area contributed by atoms with Gasteiger partial charge >= 0.3 is 0 Å². The molecule has 9 rings (SSSR count). The van der Waals surface area contributed by atoms with E-state index in [1.165, 1.54) is 41.7 Å². The van der Waals surface area contributed by atoms with E-state index in [1.807, 2.05) is 23.5 Å². The summed E-state index contributed by atoms with van der Waals surface area (Å²) in [4.78, 5) is 10.5. The Kier molecular flexibility index (Phi) is 5.07. The molecule has 196 valence electrons. The quantitative estimate of drug-likeness (QED) is 0.218. The summed E-state index contributed by atoms with van der Waals surface area (Å²) in [5, 5.41) is 7.57. The average Bonchev–Trinajstić information content (AvgIpc) is 3.62. The predicted molar refractivity (Wildman–Crippen MR) is 178 cm³/mol. The molecule has 0 aliphatic carbocycles. The van der Waals surface area contributed by atoms with E-state index in [-0.39, 0.29) is 0 Å². The van der Waals surface area contributed by atoms with Crippen LogP contribution in [0.3, 0.4) is 0 Å². The van der Waals surface area contributed by atoms with Crippen molar-refractivity contribution in [3.8, 4) is 28.5 Å². The third-order valence-corrected chi connectivity index (χ3v) is 9.38. The summed E-state index contributed by atoms with van der Waals surface area (Å²) in [5.41, 5.74) is 6.20. The maximum absolute atomic E-state index is 5.27. The number of para-hydroxylation sites is 1. The van der Waals surface area contributed by atoms with Crippen molar-refractivity contribution in [3.05, 3.63) is 140 Å². The van der Waals surface area contributed by atoms with Crippen molar-refractivity contribution in [1.29, 1.82) is 0 Å². The minimum Gasteiger partial charge on any atom is -0.276 e. The number of benzene rings is 6. The Hall–Kier alpha value is -5.32. The lowest BCUT2D eigenvalue weighted by atomic mass is 9.99. The van der Waals surface area contributed by atoms with E-state index in [9.17, 15) is 0 Å². The molecule has 3 aromatic heterocycles. The van der Waals surface area contributed by atoms with Gasteiger partial charge in [0.05, 0.1) is 27.1 Å². The van der Waals surface area contributed by atoms with Crippen molar-refractivity contribution < 1.29 is 0 Å². The molecule has 0 atom stereocenters. The van der Waals surface area contributed by atoms with E-state index in [0.29, 0.717) is 5.95 Å². The lowest BCUT2D eigenvalue weighted by molar-refractivity contribution is 0.998. The molecule has 0 saturated carbocycles. The highest BCUT2D eigenvalue weighted by molar-refractivity contribution is 7.27. The first-order valence-corrected chi connectivity index (χ1v) is 14.9. The highest BCUT2D eigenvalue weighted by atomic mass is 32.1. The number of fused-ring (bicyclic) bond motifs is 10. The largest absolute Gasteiger partial charge is 0.276 e. The van der Waals surface area contributed by atoms with Gasteiger partial charge in [0.1, 0.15) is 0 Å². The molecule has 4 heteroatoms. The van der Waals surface area contributed by atoms with Crippen LogP contribution in [0, 0.1) is 0 Å². The van der Waals surface area contributed by atoms with Crippen molar-refractivity contribution in [1.82, 2.24) is 14.5 Å². The molecular weight excluding hydrogens is 531 g/mol.